The molecule has 0 spiro atoms. The molecule has 0 aliphatic heterocycles. The van der Waals surface area contributed by atoms with E-state index in [1.165, 1.54) is 16.8 Å². The van der Waals surface area contributed by atoms with Crippen molar-refractivity contribution in [3.8, 4) is 5.75 Å². The van der Waals surface area contributed by atoms with E-state index in [9.17, 15) is 9.59 Å². The third kappa shape index (κ3) is 4.47. The normalized spacial score (nSPS) is 11.8. The van der Waals surface area contributed by atoms with E-state index in [1.54, 1.807) is 19.1 Å². The molecule has 1 unspecified atom stereocenters. The Bertz CT molecular complexity index is 768. The van der Waals surface area contributed by atoms with Crippen LogP contribution in [0.3, 0.4) is 0 Å². The second-order valence-corrected chi connectivity index (χ2v) is 6.00. The zero-order valence-corrected chi connectivity index (χ0v) is 15.2. The molecule has 1 aromatic carbocycles. The lowest BCUT2D eigenvalue weighted by atomic mass is 10.1. The minimum absolute atomic E-state index is 0.128. The van der Waals surface area contributed by atoms with Crippen molar-refractivity contribution in [2.75, 3.05) is 14.2 Å². The molecule has 1 atom stereocenters. The Morgan fingerprint density at radius 2 is 1.92 bits per heavy atom. The van der Waals surface area contributed by atoms with Gasteiger partial charge in [0.15, 0.2) is 0 Å². The van der Waals surface area contributed by atoms with Gasteiger partial charge in [-0.15, -0.1) is 0 Å². The van der Waals surface area contributed by atoms with E-state index in [1.807, 2.05) is 38.1 Å². The number of rotatable bonds is 7. The van der Waals surface area contributed by atoms with Crippen molar-refractivity contribution in [1.82, 2.24) is 14.7 Å². The van der Waals surface area contributed by atoms with Gasteiger partial charge < -0.3 is 9.64 Å². The molecule has 25 heavy (non-hydrogen) atoms. The van der Waals surface area contributed by atoms with Crippen LogP contribution in [0, 0.1) is 0 Å². The molecule has 2 aromatic rings. The van der Waals surface area contributed by atoms with Crippen molar-refractivity contribution >= 4 is 5.91 Å². The van der Waals surface area contributed by atoms with E-state index < -0.39 is 0 Å². The number of unbranched alkanes of at least 4 members (excludes halogenated alkanes) is 1. The van der Waals surface area contributed by atoms with Gasteiger partial charge in [-0.05, 0) is 37.1 Å². The number of carbonyl (C=O) groups is 1. The second kappa shape index (κ2) is 8.46. The SMILES string of the molecule is CCCCn1nc(C(=O)N(C)C(C)c2ccc(OC)cc2)ccc1=O. The fraction of sp³-hybridized carbons (Fsp3) is 0.421. The standard InChI is InChI=1S/C19H25N3O3/c1-5-6-13-22-18(23)12-11-17(20-22)19(24)21(3)14(2)15-7-9-16(25-4)10-8-15/h7-12,14H,5-6,13H2,1-4H3. The Morgan fingerprint density at radius 1 is 1.24 bits per heavy atom. The molecule has 0 N–H and O–H groups in total. The molecule has 0 saturated heterocycles. The summed E-state index contributed by atoms with van der Waals surface area (Å²) in [4.78, 5) is 26.2. The molecule has 0 radical (unpaired) electrons. The number of benzene rings is 1. The largest absolute Gasteiger partial charge is 0.497 e. The number of carbonyl (C=O) groups excluding carboxylic acids is 1. The van der Waals surface area contributed by atoms with Gasteiger partial charge in [0.25, 0.3) is 11.5 Å². The molecule has 6 heteroatoms. The Hall–Kier alpha value is -2.63. The maximum Gasteiger partial charge on any atom is 0.274 e. The third-order valence-electron chi connectivity index (χ3n) is 4.31. The number of nitrogens with zero attached hydrogens (tertiary/aromatic N) is 3. The molecule has 0 fully saturated rings. The van der Waals surface area contributed by atoms with Crippen LogP contribution in [0.25, 0.3) is 0 Å². The molecule has 0 aliphatic rings. The molecule has 0 aliphatic carbocycles. The van der Waals surface area contributed by atoms with Crippen molar-refractivity contribution in [3.05, 3.63) is 58.0 Å². The maximum atomic E-state index is 12.7. The van der Waals surface area contributed by atoms with Crippen LogP contribution in [0.5, 0.6) is 5.75 Å². The molecule has 134 valence electrons. The number of aryl methyl sites for hydroxylation is 1. The maximum absolute atomic E-state index is 12.7. The summed E-state index contributed by atoms with van der Waals surface area (Å²) in [6.45, 7) is 4.52. The van der Waals surface area contributed by atoms with Crippen molar-refractivity contribution in [1.29, 1.82) is 0 Å². The van der Waals surface area contributed by atoms with Gasteiger partial charge in [-0.1, -0.05) is 25.5 Å². The summed E-state index contributed by atoms with van der Waals surface area (Å²) in [5.41, 5.74) is 1.09. The van der Waals surface area contributed by atoms with Crippen molar-refractivity contribution in [2.24, 2.45) is 0 Å². The molecule has 2 rings (SSSR count). The lowest BCUT2D eigenvalue weighted by Crippen LogP contribution is -2.33. The lowest BCUT2D eigenvalue weighted by Gasteiger charge is -2.25. The van der Waals surface area contributed by atoms with Gasteiger partial charge in [0.05, 0.1) is 13.2 Å². The molecular weight excluding hydrogens is 318 g/mol. The monoisotopic (exact) mass is 343 g/mol. The van der Waals surface area contributed by atoms with Crippen LogP contribution in [0.15, 0.2) is 41.2 Å². The second-order valence-electron chi connectivity index (χ2n) is 6.00. The van der Waals surface area contributed by atoms with Crippen LogP contribution in [0.2, 0.25) is 0 Å². The first-order valence-corrected chi connectivity index (χ1v) is 8.47. The Kier molecular flexibility index (Phi) is 6.33. The van der Waals surface area contributed by atoms with E-state index in [-0.39, 0.29) is 23.2 Å². The summed E-state index contributed by atoms with van der Waals surface area (Å²) < 4.78 is 6.52. The summed E-state index contributed by atoms with van der Waals surface area (Å²) in [7, 11) is 3.35. The van der Waals surface area contributed by atoms with Gasteiger partial charge in [-0.2, -0.15) is 5.10 Å². The number of amides is 1. The van der Waals surface area contributed by atoms with Crippen molar-refractivity contribution in [2.45, 2.75) is 39.3 Å². The molecule has 0 saturated carbocycles. The highest BCUT2D eigenvalue weighted by molar-refractivity contribution is 5.92. The molecule has 6 nitrogen and oxygen atoms in total. The van der Waals surface area contributed by atoms with Gasteiger partial charge in [-0.3, -0.25) is 9.59 Å². The first kappa shape index (κ1) is 18.7. The molecule has 1 heterocycles. The number of hydrogen-bond donors (Lipinski definition) is 0. The Balaban J connectivity index is 2.19. The molecular formula is C19H25N3O3. The van der Waals surface area contributed by atoms with Gasteiger partial charge in [0.2, 0.25) is 0 Å². The quantitative estimate of drug-likeness (QED) is 0.775. The average molecular weight is 343 g/mol. The van der Waals surface area contributed by atoms with Crippen LogP contribution in [0.1, 0.15) is 48.8 Å². The average Bonchev–Trinajstić information content (AvgIpc) is 2.65. The third-order valence-corrected chi connectivity index (χ3v) is 4.31. The summed E-state index contributed by atoms with van der Waals surface area (Å²) in [5.74, 6) is 0.558. The number of aromatic nitrogens is 2. The molecule has 1 aromatic heterocycles. The van der Waals surface area contributed by atoms with Gasteiger partial charge in [-0.25, -0.2) is 4.68 Å². The fourth-order valence-electron chi connectivity index (χ4n) is 2.49. The summed E-state index contributed by atoms with van der Waals surface area (Å²) in [5, 5.41) is 4.23. The van der Waals surface area contributed by atoms with E-state index in [0.29, 0.717) is 6.54 Å². The summed E-state index contributed by atoms with van der Waals surface area (Å²) in [6, 6.07) is 10.4. The number of hydrogen-bond acceptors (Lipinski definition) is 4. The van der Waals surface area contributed by atoms with Crippen LogP contribution in [-0.2, 0) is 6.54 Å². The van der Waals surface area contributed by atoms with Gasteiger partial charge >= 0.3 is 0 Å². The topological polar surface area (TPSA) is 64.4 Å². The van der Waals surface area contributed by atoms with E-state index in [4.69, 9.17) is 4.74 Å². The van der Waals surface area contributed by atoms with Crippen LogP contribution in [-0.4, -0.2) is 34.7 Å². The van der Waals surface area contributed by atoms with Crippen LogP contribution < -0.4 is 10.3 Å². The smallest absolute Gasteiger partial charge is 0.274 e. The predicted octanol–water partition coefficient (Wildman–Crippen LogP) is 2.89. The summed E-state index contributed by atoms with van der Waals surface area (Å²) in [6.07, 6.45) is 1.81. The minimum Gasteiger partial charge on any atom is -0.497 e. The van der Waals surface area contributed by atoms with Gasteiger partial charge in [0, 0.05) is 19.7 Å². The van der Waals surface area contributed by atoms with E-state index in [2.05, 4.69) is 5.10 Å². The van der Waals surface area contributed by atoms with E-state index in [0.717, 1.165) is 24.2 Å². The Morgan fingerprint density at radius 3 is 2.52 bits per heavy atom. The highest BCUT2D eigenvalue weighted by Gasteiger charge is 2.20. The van der Waals surface area contributed by atoms with Crippen molar-refractivity contribution in [3.63, 3.8) is 0 Å². The van der Waals surface area contributed by atoms with Crippen LogP contribution >= 0.6 is 0 Å². The first-order valence-electron chi connectivity index (χ1n) is 8.47. The number of ether oxygens (including phenoxy) is 1. The zero-order valence-electron chi connectivity index (χ0n) is 15.2. The molecule has 0 bridgehead atoms. The number of methoxy groups -OCH3 is 1. The first-order chi connectivity index (χ1) is 12.0. The van der Waals surface area contributed by atoms with E-state index >= 15 is 0 Å². The van der Waals surface area contributed by atoms with Crippen molar-refractivity contribution < 1.29 is 9.53 Å². The van der Waals surface area contributed by atoms with Crippen LogP contribution in [0.4, 0.5) is 0 Å². The fourth-order valence-corrected chi connectivity index (χ4v) is 2.49. The highest BCUT2D eigenvalue weighted by Crippen LogP contribution is 2.22. The highest BCUT2D eigenvalue weighted by atomic mass is 16.5. The lowest BCUT2D eigenvalue weighted by molar-refractivity contribution is 0.0733. The molecule has 1 amide bonds. The zero-order chi connectivity index (χ0) is 18.4. The predicted molar refractivity (Wildman–Crippen MR) is 96.9 cm³/mol. The Labute approximate surface area is 148 Å². The minimum atomic E-state index is -0.214. The van der Waals surface area contributed by atoms with Gasteiger partial charge in [0.1, 0.15) is 11.4 Å². The summed E-state index contributed by atoms with van der Waals surface area (Å²) >= 11 is 0.